The number of aliphatic hydroxyl groups excluding tert-OH is 1. The van der Waals surface area contributed by atoms with Crippen LogP contribution in [-0.4, -0.2) is 23.4 Å². The zero-order valence-corrected chi connectivity index (χ0v) is 15.9. The molecule has 0 bridgehead atoms. The van der Waals surface area contributed by atoms with Crippen molar-refractivity contribution in [1.82, 2.24) is 0 Å². The van der Waals surface area contributed by atoms with Crippen LogP contribution in [0, 0.1) is 11.3 Å². The lowest BCUT2D eigenvalue weighted by Gasteiger charge is -2.56. The second kappa shape index (κ2) is 5.66. The number of hydrogen-bond acceptors (Lipinski definition) is 3. The summed E-state index contributed by atoms with van der Waals surface area (Å²) in [6.45, 7) is 11.0. The third kappa shape index (κ3) is 2.35. The van der Waals surface area contributed by atoms with Crippen molar-refractivity contribution in [3.05, 3.63) is 22.8 Å². The van der Waals surface area contributed by atoms with Gasteiger partial charge >= 0.3 is 0 Å². The number of rotatable bonds is 2. The SMILES string of the molecule is COc1c(C(C)C)cc2c(c1O)[C@@]1(C)CCCC(C)(C)C1[C@@H](O)C2. The molecule has 2 N–H and O–H groups in total. The van der Waals surface area contributed by atoms with Crippen molar-refractivity contribution in [2.24, 2.45) is 11.3 Å². The summed E-state index contributed by atoms with van der Waals surface area (Å²) in [6.07, 6.45) is 3.52. The molecule has 0 amide bonds. The van der Waals surface area contributed by atoms with Crippen molar-refractivity contribution >= 4 is 0 Å². The van der Waals surface area contributed by atoms with Gasteiger partial charge in [0.25, 0.3) is 0 Å². The summed E-state index contributed by atoms with van der Waals surface area (Å²) in [5, 5.41) is 22.1. The van der Waals surface area contributed by atoms with E-state index in [2.05, 4.69) is 40.7 Å². The molecular formula is C21H32O3. The highest BCUT2D eigenvalue weighted by atomic mass is 16.5. The fourth-order valence-corrected chi connectivity index (χ4v) is 5.82. The van der Waals surface area contributed by atoms with Crippen molar-refractivity contribution in [3.63, 3.8) is 0 Å². The van der Waals surface area contributed by atoms with E-state index in [1.54, 1.807) is 7.11 Å². The molecule has 3 rings (SSSR count). The molecule has 24 heavy (non-hydrogen) atoms. The monoisotopic (exact) mass is 332 g/mol. The molecule has 0 aliphatic heterocycles. The molecular weight excluding hydrogens is 300 g/mol. The Kier molecular flexibility index (Phi) is 4.15. The van der Waals surface area contributed by atoms with Crippen LogP contribution in [0.2, 0.25) is 0 Å². The summed E-state index contributed by atoms with van der Waals surface area (Å²) < 4.78 is 5.59. The van der Waals surface area contributed by atoms with Crippen LogP contribution in [0.1, 0.15) is 76.5 Å². The molecule has 0 radical (unpaired) electrons. The molecule has 1 fully saturated rings. The normalized spacial score (nSPS) is 31.5. The van der Waals surface area contributed by atoms with Crippen LogP contribution in [0.5, 0.6) is 11.5 Å². The number of aromatic hydroxyl groups is 1. The van der Waals surface area contributed by atoms with E-state index in [1.807, 2.05) is 0 Å². The van der Waals surface area contributed by atoms with Crippen LogP contribution >= 0.6 is 0 Å². The minimum absolute atomic E-state index is 0.0699. The number of methoxy groups -OCH3 is 1. The summed E-state index contributed by atoms with van der Waals surface area (Å²) in [4.78, 5) is 0. The third-order valence-corrected chi connectivity index (χ3v) is 6.62. The highest BCUT2D eigenvalue weighted by molar-refractivity contribution is 5.60. The first kappa shape index (κ1) is 17.6. The number of benzene rings is 1. The van der Waals surface area contributed by atoms with E-state index < -0.39 is 0 Å². The lowest BCUT2D eigenvalue weighted by atomic mass is 9.49. The van der Waals surface area contributed by atoms with Gasteiger partial charge in [0.15, 0.2) is 11.5 Å². The van der Waals surface area contributed by atoms with Crippen molar-refractivity contribution in [1.29, 1.82) is 0 Å². The van der Waals surface area contributed by atoms with Gasteiger partial charge in [-0.25, -0.2) is 0 Å². The Bertz CT molecular complexity index is 647. The molecule has 1 unspecified atom stereocenters. The van der Waals surface area contributed by atoms with Crippen molar-refractivity contribution in [2.75, 3.05) is 7.11 Å². The summed E-state index contributed by atoms with van der Waals surface area (Å²) >= 11 is 0. The van der Waals surface area contributed by atoms with Gasteiger partial charge in [-0.2, -0.15) is 0 Å². The molecule has 1 aromatic rings. The first-order chi connectivity index (χ1) is 11.1. The van der Waals surface area contributed by atoms with Gasteiger partial charge in [-0.05, 0) is 42.1 Å². The van der Waals surface area contributed by atoms with Crippen LogP contribution in [0.3, 0.4) is 0 Å². The molecule has 0 aromatic heterocycles. The fourth-order valence-electron chi connectivity index (χ4n) is 5.82. The first-order valence-electron chi connectivity index (χ1n) is 9.24. The molecule has 2 aliphatic rings. The van der Waals surface area contributed by atoms with E-state index in [1.165, 1.54) is 0 Å². The summed E-state index contributed by atoms with van der Waals surface area (Å²) in [7, 11) is 1.63. The van der Waals surface area contributed by atoms with Gasteiger partial charge in [-0.15, -0.1) is 0 Å². The number of fused-ring (bicyclic) bond motifs is 3. The Morgan fingerprint density at radius 3 is 2.46 bits per heavy atom. The number of ether oxygens (including phenoxy) is 1. The van der Waals surface area contributed by atoms with Crippen LogP contribution in [-0.2, 0) is 11.8 Å². The van der Waals surface area contributed by atoms with Gasteiger partial charge in [0.05, 0.1) is 13.2 Å². The van der Waals surface area contributed by atoms with Gasteiger partial charge in [-0.3, -0.25) is 0 Å². The topological polar surface area (TPSA) is 49.7 Å². The molecule has 0 saturated heterocycles. The third-order valence-electron chi connectivity index (χ3n) is 6.62. The second-order valence-corrected chi connectivity index (χ2v) is 9.05. The van der Waals surface area contributed by atoms with Gasteiger partial charge in [0.2, 0.25) is 0 Å². The highest BCUT2D eigenvalue weighted by Crippen LogP contribution is 2.60. The van der Waals surface area contributed by atoms with Gasteiger partial charge < -0.3 is 14.9 Å². The number of aliphatic hydroxyl groups is 1. The maximum Gasteiger partial charge on any atom is 0.164 e. The van der Waals surface area contributed by atoms with Crippen molar-refractivity contribution in [2.45, 2.75) is 77.7 Å². The summed E-state index contributed by atoms with van der Waals surface area (Å²) in [5.41, 5.74) is 3.01. The second-order valence-electron chi connectivity index (χ2n) is 9.05. The van der Waals surface area contributed by atoms with E-state index in [4.69, 9.17) is 4.74 Å². The van der Waals surface area contributed by atoms with Crippen molar-refractivity contribution < 1.29 is 14.9 Å². The predicted molar refractivity (Wildman–Crippen MR) is 96.9 cm³/mol. The summed E-state index contributed by atoms with van der Waals surface area (Å²) in [5.74, 6) is 1.34. The van der Waals surface area contributed by atoms with Crippen LogP contribution < -0.4 is 4.74 Å². The largest absolute Gasteiger partial charge is 0.504 e. The van der Waals surface area contributed by atoms with E-state index >= 15 is 0 Å². The van der Waals surface area contributed by atoms with Crippen LogP contribution in [0.15, 0.2) is 6.07 Å². The average Bonchev–Trinajstić information content (AvgIpc) is 2.44. The van der Waals surface area contributed by atoms with Crippen LogP contribution in [0.4, 0.5) is 0 Å². The molecule has 3 heteroatoms. The quantitative estimate of drug-likeness (QED) is 0.837. The number of phenolic OH excluding ortho intramolecular Hbond substituents is 1. The molecule has 0 heterocycles. The summed E-state index contributed by atoms with van der Waals surface area (Å²) in [6, 6.07) is 2.16. The lowest BCUT2D eigenvalue weighted by molar-refractivity contribution is -0.0543. The Labute approximate surface area is 146 Å². The van der Waals surface area contributed by atoms with E-state index in [9.17, 15) is 10.2 Å². The molecule has 0 spiro atoms. The van der Waals surface area contributed by atoms with Gasteiger partial charge in [0, 0.05) is 16.5 Å². The number of hydrogen-bond donors (Lipinski definition) is 2. The Hall–Kier alpha value is -1.22. The van der Waals surface area contributed by atoms with Gasteiger partial charge in [0.1, 0.15) is 0 Å². The number of phenols is 1. The van der Waals surface area contributed by atoms with Gasteiger partial charge in [-0.1, -0.05) is 47.1 Å². The minimum atomic E-state index is -0.356. The zero-order chi connectivity index (χ0) is 17.9. The standard InChI is InChI=1S/C21H32O3/c1-12(2)14-10-13-11-15(22)19-20(3,4)8-7-9-21(19,5)16(13)17(23)18(14)24-6/h10,12,15,19,22-23H,7-9,11H2,1-6H3/t15-,19?,21+/m0/s1. The Balaban J connectivity index is 2.27. The molecule has 1 aromatic carbocycles. The molecule has 3 nitrogen and oxygen atoms in total. The fraction of sp³-hybridized carbons (Fsp3) is 0.714. The average molecular weight is 332 g/mol. The van der Waals surface area contributed by atoms with Crippen LogP contribution in [0.25, 0.3) is 0 Å². The zero-order valence-electron chi connectivity index (χ0n) is 15.9. The maximum atomic E-state index is 11.1. The van der Waals surface area contributed by atoms with Crippen molar-refractivity contribution in [3.8, 4) is 11.5 Å². The first-order valence-corrected chi connectivity index (χ1v) is 9.24. The van der Waals surface area contributed by atoms with E-state index in [-0.39, 0.29) is 28.8 Å². The molecule has 134 valence electrons. The Morgan fingerprint density at radius 1 is 1.21 bits per heavy atom. The maximum absolute atomic E-state index is 11.1. The molecule has 3 atom stereocenters. The molecule has 2 aliphatic carbocycles. The minimum Gasteiger partial charge on any atom is -0.504 e. The van der Waals surface area contributed by atoms with E-state index in [0.717, 1.165) is 36.0 Å². The predicted octanol–water partition coefficient (Wildman–Crippen LogP) is 4.53. The van der Waals surface area contributed by atoms with E-state index in [0.29, 0.717) is 17.9 Å². The Morgan fingerprint density at radius 2 is 1.88 bits per heavy atom. The smallest absolute Gasteiger partial charge is 0.164 e. The lowest BCUT2D eigenvalue weighted by Crippen LogP contribution is -2.54. The molecule has 1 saturated carbocycles. The highest BCUT2D eigenvalue weighted by Gasteiger charge is 2.55.